The molecule has 2 heterocycles. The van der Waals surface area contributed by atoms with E-state index in [1.54, 1.807) is 0 Å². The third kappa shape index (κ3) is 2.91. The lowest BCUT2D eigenvalue weighted by molar-refractivity contribution is -0.179. The van der Waals surface area contributed by atoms with Gasteiger partial charge < -0.3 is 14.2 Å². The summed E-state index contributed by atoms with van der Waals surface area (Å²) in [5, 5.41) is 1.02. The number of para-hydroxylation sites is 1. The highest BCUT2D eigenvalue weighted by atomic mass is 32.2. The standard InChI is InChI=1S/C15H20O3S/c1-10-14-15(11(2)19-10)18-13(9-17-14)8-16-12-6-4-3-5-7-12/h3-7,10-11,13-15H,8-9H2,1-2H3. The van der Waals surface area contributed by atoms with Crippen molar-refractivity contribution in [2.75, 3.05) is 13.2 Å². The molecule has 0 bridgehead atoms. The fourth-order valence-electron chi connectivity index (χ4n) is 2.72. The maximum Gasteiger partial charge on any atom is 0.119 e. The third-order valence-electron chi connectivity index (χ3n) is 3.68. The second-order valence-corrected chi connectivity index (χ2v) is 6.95. The van der Waals surface area contributed by atoms with Gasteiger partial charge in [0, 0.05) is 10.5 Å². The molecule has 0 radical (unpaired) electrons. The molecule has 3 rings (SSSR count). The fraction of sp³-hybridized carbons (Fsp3) is 0.600. The van der Waals surface area contributed by atoms with Crippen LogP contribution < -0.4 is 4.74 Å². The predicted octanol–water partition coefficient (Wildman–Crippen LogP) is 2.74. The van der Waals surface area contributed by atoms with Crippen LogP contribution in [-0.4, -0.2) is 42.0 Å². The topological polar surface area (TPSA) is 27.7 Å². The molecule has 104 valence electrons. The number of rotatable bonds is 3. The van der Waals surface area contributed by atoms with Gasteiger partial charge in [0.05, 0.1) is 18.8 Å². The van der Waals surface area contributed by atoms with E-state index in [1.165, 1.54) is 0 Å². The molecule has 5 unspecified atom stereocenters. The van der Waals surface area contributed by atoms with Crippen molar-refractivity contribution in [2.45, 2.75) is 42.7 Å². The van der Waals surface area contributed by atoms with E-state index in [0.717, 1.165) is 5.75 Å². The van der Waals surface area contributed by atoms with Gasteiger partial charge in [-0.15, -0.1) is 0 Å². The number of thioether (sulfide) groups is 1. The van der Waals surface area contributed by atoms with Crippen LogP contribution in [-0.2, 0) is 9.47 Å². The number of benzene rings is 1. The summed E-state index contributed by atoms with van der Waals surface area (Å²) in [6.45, 7) is 5.62. The van der Waals surface area contributed by atoms with E-state index >= 15 is 0 Å². The minimum absolute atomic E-state index is 0.0369. The largest absolute Gasteiger partial charge is 0.491 e. The SMILES string of the molecule is CC1SC(C)C2OC(COc3ccccc3)COC12. The zero-order valence-electron chi connectivity index (χ0n) is 11.3. The van der Waals surface area contributed by atoms with Crippen molar-refractivity contribution in [3.63, 3.8) is 0 Å². The van der Waals surface area contributed by atoms with Crippen molar-refractivity contribution in [2.24, 2.45) is 0 Å². The molecule has 5 atom stereocenters. The normalized spacial score (nSPS) is 37.9. The molecule has 1 aromatic rings. The minimum atomic E-state index is 0.0369. The first-order valence-corrected chi connectivity index (χ1v) is 7.78. The highest BCUT2D eigenvalue weighted by Gasteiger charge is 2.45. The smallest absolute Gasteiger partial charge is 0.119 e. The summed E-state index contributed by atoms with van der Waals surface area (Å²) in [7, 11) is 0. The molecule has 2 aliphatic heterocycles. The highest BCUT2D eigenvalue weighted by molar-refractivity contribution is 8.00. The second-order valence-electron chi connectivity index (χ2n) is 5.19. The average molecular weight is 280 g/mol. The molecule has 0 spiro atoms. The van der Waals surface area contributed by atoms with E-state index in [1.807, 2.05) is 42.1 Å². The Morgan fingerprint density at radius 3 is 2.68 bits per heavy atom. The van der Waals surface area contributed by atoms with Gasteiger partial charge in [-0.1, -0.05) is 32.0 Å². The lowest BCUT2D eigenvalue weighted by Crippen LogP contribution is -2.48. The lowest BCUT2D eigenvalue weighted by atomic mass is 10.1. The molecule has 1 aromatic carbocycles. The first kappa shape index (κ1) is 13.3. The van der Waals surface area contributed by atoms with Gasteiger partial charge in [0.1, 0.15) is 18.5 Å². The van der Waals surface area contributed by atoms with Gasteiger partial charge in [-0.2, -0.15) is 11.8 Å². The van der Waals surface area contributed by atoms with E-state index < -0.39 is 0 Å². The van der Waals surface area contributed by atoms with Gasteiger partial charge in [-0.3, -0.25) is 0 Å². The van der Waals surface area contributed by atoms with Gasteiger partial charge in [-0.05, 0) is 12.1 Å². The molecular formula is C15H20O3S. The van der Waals surface area contributed by atoms with Crippen molar-refractivity contribution in [1.29, 1.82) is 0 Å². The first-order chi connectivity index (χ1) is 9.24. The predicted molar refractivity (Wildman–Crippen MR) is 76.9 cm³/mol. The highest BCUT2D eigenvalue weighted by Crippen LogP contribution is 2.39. The summed E-state index contributed by atoms with van der Waals surface area (Å²) in [5.74, 6) is 0.885. The van der Waals surface area contributed by atoms with Gasteiger partial charge >= 0.3 is 0 Å². The molecule has 2 aliphatic rings. The van der Waals surface area contributed by atoms with E-state index in [0.29, 0.717) is 23.7 Å². The quantitative estimate of drug-likeness (QED) is 0.851. The zero-order chi connectivity index (χ0) is 13.2. The number of ether oxygens (including phenoxy) is 3. The van der Waals surface area contributed by atoms with Crippen LogP contribution in [0.15, 0.2) is 30.3 Å². The van der Waals surface area contributed by atoms with Gasteiger partial charge in [0.25, 0.3) is 0 Å². The van der Waals surface area contributed by atoms with Crippen LogP contribution in [0.1, 0.15) is 13.8 Å². The van der Waals surface area contributed by atoms with Crippen LogP contribution >= 0.6 is 11.8 Å². The Morgan fingerprint density at radius 2 is 1.89 bits per heavy atom. The van der Waals surface area contributed by atoms with Crippen LogP contribution in [0.25, 0.3) is 0 Å². The van der Waals surface area contributed by atoms with E-state index in [9.17, 15) is 0 Å². The Labute approximate surface area is 118 Å². The Hall–Kier alpha value is -0.710. The molecule has 0 N–H and O–H groups in total. The average Bonchev–Trinajstić information content (AvgIpc) is 2.73. The van der Waals surface area contributed by atoms with Crippen molar-refractivity contribution in [3.8, 4) is 5.75 Å². The Kier molecular flexibility index (Phi) is 4.01. The summed E-state index contributed by atoms with van der Waals surface area (Å²) in [5.41, 5.74) is 0. The molecule has 0 aliphatic carbocycles. The van der Waals surface area contributed by atoms with Crippen LogP contribution in [0.4, 0.5) is 0 Å². The third-order valence-corrected chi connectivity index (χ3v) is 5.08. The maximum atomic E-state index is 6.14. The minimum Gasteiger partial charge on any atom is -0.491 e. The zero-order valence-corrected chi connectivity index (χ0v) is 12.1. The van der Waals surface area contributed by atoms with Gasteiger partial charge in [-0.25, -0.2) is 0 Å². The molecule has 2 saturated heterocycles. The van der Waals surface area contributed by atoms with Crippen LogP contribution in [0.3, 0.4) is 0 Å². The molecule has 0 saturated carbocycles. The Balaban J connectivity index is 1.54. The molecule has 0 aromatic heterocycles. The van der Waals surface area contributed by atoms with Crippen molar-refractivity contribution < 1.29 is 14.2 Å². The Bertz CT molecular complexity index is 411. The van der Waals surface area contributed by atoms with Crippen LogP contribution in [0, 0.1) is 0 Å². The molecule has 4 heteroatoms. The summed E-state index contributed by atoms with van der Waals surface area (Å²) in [4.78, 5) is 0. The van der Waals surface area contributed by atoms with Crippen LogP contribution in [0.5, 0.6) is 5.75 Å². The number of hydrogen-bond acceptors (Lipinski definition) is 4. The second kappa shape index (κ2) is 5.73. The first-order valence-electron chi connectivity index (χ1n) is 6.84. The summed E-state index contributed by atoms with van der Waals surface area (Å²) < 4.78 is 17.8. The van der Waals surface area contributed by atoms with Crippen LogP contribution in [0.2, 0.25) is 0 Å². The van der Waals surface area contributed by atoms with Gasteiger partial charge in [0.2, 0.25) is 0 Å². The van der Waals surface area contributed by atoms with E-state index in [2.05, 4.69) is 13.8 Å². The van der Waals surface area contributed by atoms with Crippen molar-refractivity contribution in [3.05, 3.63) is 30.3 Å². The molecule has 3 nitrogen and oxygen atoms in total. The summed E-state index contributed by atoms with van der Waals surface area (Å²) >= 11 is 1.95. The molecule has 19 heavy (non-hydrogen) atoms. The number of fused-ring (bicyclic) bond motifs is 1. The fourth-order valence-corrected chi connectivity index (χ4v) is 4.16. The Morgan fingerprint density at radius 1 is 1.16 bits per heavy atom. The lowest BCUT2D eigenvalue weighted by Gasteiger charge is -2.34. The van der Waals surface area contributed by atoms with Crippen molar-refractivity contribution in [1.82, 2.24) is 0 Å². The molecule has 0 amide bonds. The number of hydrogen-bond donors (Lipinski definition) is 0. The van der Waals surface area contributed by atoms with E-state index in [-0.39, 0.29) is 18.3 Å². The van der Waals surface area contributed by atoms with E-state index in [4.69, 9.17) is 14.2 Å². The monoisotopic (exact) mass is 280 g/mol. The summed E-state index contributed by atoms with van der Waals surface area (Å²) in [6.07, 6.45) is 0.487. The summed E-state index contributed by atoms with van der Waals surface area (Å²) in [6, 6.07) is 9.85. The maximum absolute atomic E-state index is 6.14. The van der Waals surface area contributed by atoms with Crippen molar-refractivity contribution >= 4 is 11.8 Å². The molecule has 2 fully saturated rings. The van der Waals surface area contributed by atoms with Gasteiger partial charge in [0.15, 0.2) is 0 Å². The molecular weight excluding hydrogens is 260 g/mol.